The second-order valence-corrected chi connectivity index (χ2v) is 12.5. The third kappa shape index (κ3) is 18.2. The van der Waals surface area contributed by atoms with Gasteiger partial charge in [0.25, 0.3) is 0 Å². The van der Waals surface area contributed by atoms with E-state index in [-0.39, 0.29) is 25.2 Å². The van der Waals surface area contributed by atoms with Crippen molar-refractivity contribution >= 4 is 24.6 Å². The first-order chi connectivity index (χ1) is 20.1. The van der Waals surface area contributed by atoms with Crippen molar-refractivity contribution in [2.24, 2.45) is 0 Å². The molecule has 2 aromatic heterocycles. The Hall–Kier alpha value is -2.23. The van der Waals surface area contributed by atoms with Crippen molar-refractivity contribution in [3.8, 4) is 11.8 Å². The van der Waals surface area contributed by atoms with E-state index in [4.69, 9.17) is 15.0 Å². The Balaban J connectivity index is 0.00000924. The summed E-state index contributed by atoms with van der Waals surface area (Å²) in [5.41, 5.74) is 6.89. The third-order valence-corrected chi connectivity index (χ3v) is 7.94. The number of anilines is 1. The first kappa shape index (κ1) is 38.8. The maximum Gasteiger partial charge on any atom is 0.457 e. The Bertz CT molecular complexity index is 1140. The number of ether oxygens (including phenoxy) is 1. The minimum Gasteiger partial charge on any atom is -0.382 e. The van der Waals surface area contributed by atoms with Crippen LogP contribution in [0.1, 0.15) is 110 Å². The molecule has 0 spiro atoms. The zero-order valence-electron chi connectivity index (χ0n) is 25.5. The Morgan fingerprint density at radius 2 is 1.47 bits per heavy atom. The van der Waals surface area contributed by atoms with Crippen LogP contribution in [0.2, 0.25) is 0 Å². The summed E-state index contributed by atoms with van der Waals surface area (Å²) in [6, 6.07) is 0. The van der Waals surface area contributed by atoms with E-state index in [9.17, 15) is 22.6 Å². The van der Waals surface area contributed by atoms with Gasteiger partial charge in [-0.15, -0.1) is 0 Å². The first-order valence-electron chi connectivity index (χ1n) is 15.1. The van der Waals surface area contributed by atoms with E-state index in [2.05, 4.69) is 20.9 Å². The number of nitrogen functional groups attached to an aromatic ring is 1. The molecule has 2 rings (SSSR count). The topological polar surface area (TPSA) is 160 Å². The summed E-state index contributed by atoms with van der Waals surface area (Å²) >= 11 is 0. The number of imidazole rings is 1. The molecule has 2 heterocycles. The normalized spacial score (nSPS) is 13.7. The summed E-state index contributed by atoms with van der Waals surface area (Å²) in [6.07, 6.45) is 14.6. The molecule has 0 aromatic carbocycles. The molecule has 0 saturated heterocycles. The predicted octanol–water partition coefficient (Wildman–Crippen LogP) is 7.94. The molecule has 0 amide bonds. The van der Waals surface area contributed by atoms with Gasteiger partial charge in [-0.05, 0) is 19.8 Å². The van der Waals surface area contributed by atoms with Crippen LogP contribution in [0.3, 0.4) is 0 Å². The average Bonchev–Trinajstić information content (AvgIpc) is 3.34. The van der Waals surface area contributed by atoms with Gasteiger partial charge in [-0.2, -0.15) is 13.2 Å². The molecule has 10 nitrogen and oxygen atoms in total. The molecule has 14 heteroatoms. The van der Waals surface area contributed by atoms with Gasteiger partial charge in [0.15, 0.2) is 11.5 Å². The number of unbranched alkanes of at least 4 members (excludes halogenated alkanes) is 15. The zero-order chi connectivity index (χ0) is 30.7. The highest BCUT2D eigenvalue weighted by Crippen LogP contribution is 2.42. The molecule has 0 fully saturated rings. The lowest BCUT2D eigenvalue weighted by molar-refractivity contribution is -0.0697. The molecule has 246 valence electrons. The Morgan fingerprint density at radius 1 is 0.930 bits per heavy atom. The van der Waals surface area contributed by atoms with E-state index in [0.717, 1.165) is 51.4 Å². The highest BCUT2D eigenvalue weighted by molar-refractivity contribution is 7.52. The number of hydrogen-bond acceptors (Lipinski definition) is 8. The van der Waals surface area contributed by atoms with Crippen LogP contribution in [0.25, 0.3) is 11.2 Å². The third-order valence-electron chi connectivity index (χ3n) is 6.87. The number of nitrogens with zero attached hydrogens (tertiary/aromatic N) is 4. The van der Waals surface area contributed by atoms with Crippen LogP contribution in [0.4, 0.5) is 19.0 Å². The fourth-order valence-corrected chi connectivity index (χ4v) is 5.54. The second-order valence-electron chi connectivity index (χ2n) is 10.8. The highest BCUT2D eigenvalue weighted by Gasteiger charge is 2.23. The molecular formula is C29H50F3N6O4P. The van der Waals surface area contributed by atoms with Gasteiger partial charge in [-0.3, -0.25) is 4.57 Å². The average molecular weight is 635 g/mol. The fourth-order valence-electron chi connectivity index (χ4n) is 4.60. The summed E-state index contributed by atoms with van der Waals surface area (Å²) < 4.78 is 60.6. The molecule has 43 heavy (non-hydrogen) atoms. The van der Waals surface area contributed by atoms with E-state index in [1.807, 2.05) is 0 Å². The van der Waals surface area contributed by atoms with Crippen molar-refractivity contribution in [2.75, 3.05) is 18.7 Å². The van der Waals surface area contributed by atoms with Crippen LogP contribution in [0.15, 0.2) is 12.7 Å². The summed E-state index contributed by atoms with van der Waals surface area (Å²) in [7, 11) is -3.82. The van der Waals surface area contributed by atoms with Crippen LogP contribution < -0.4 is 11.9 Å². The minimum absolute atomic E-state index is 0. The van der Waals surface area contributed by atoms with E-state index in [1.54, 1.807) is 17.8 Å². The van der Waals surface area contributed by atoms with Crippen LogP contribution >= 0.6 is 7.60 Å². The number of rotatable bonds is 23. The van der Waals surface area contributed by atoms with Gasteiger partial charge >= 0.3 is 13.8 Å². The number of fused-ring (bicyclic) bond motifs is 1. The molecule has 0 aliphatic heterocycles. The lowest BCUT2D eigenvalue weighted by Gasteiger charge is -2.17. The monoisotopic (exact) mass is 634 g/mol. The van der Waals surface area contributed by atoms with Gasteiger partial charge < -0.3 is 30.6 Å². The lowest BCUT2D eigenvalue weighted by atomic mass is 10.0. The smallest absolute Gasteiger partial charge is 0.382 e. The summed E-state index contributed by atoms with van der Waals surface area (Å²) in [6.45, 7) is 2.43. The van der Waals surface area contributed by atoms with Crippen molar-refractivity contribution in [3.05, 3.63) is 12.7 Å². The van der Waals surface area contributed by atoms with Crippen molar-refractivity contribution in [2.45, 2.75) is 128 Å². The Kier molecular flexibility index (Phi) is 19.4. The summed E-state index contributed by atoms with van der Waals surface area (Å²) in [5.74, 6) is 3.80. The number of alkyl halides is 3. The van der Waals surface area contributed by atoms with Gasteiger partial charge in [-0.1, -0.05) is 89.4 Å². The van der Waals surface area contributed by atoms with Crippen LogP contribution in [0, 0.1) is 11.8 Å². The van der Waals surface area contributed by atoms with E-state index in [1.165, 1.54) is 57.2 Å². The predicted molar refractivity (Wildman–Crippen MR) is 164 cm³/mol. The van der Waals surface area contributed by atoms with Gasteiger partial charge in [0, 0.05) is 12.3 Å². The number of aromatic nitrogens is 4. The molecule has 1 unspecified atom stereocenters. The molecule has 0 aliphatic carbocycles. The first-order valence-corrected chi connectivity index (χ1v) is 16.9. The molecule has 0 saturated carbocycles. The standard InChI is InChI=1S/C29H47F3N5O4P.H3N/c1-25(21-37-23-36-26-27(33)34-22-35-28(26)37)40-24-42(38,39)41-20-18-16-14-12-10-8-6-4-2-3-5-7-9-11-13-15-17-19-29(30,31)32;/h22-23,25H,2-16,18,20-21,24H2,1H3,(H,38,39)(H2,33,34,35);1H3/t25-;/m1./s1. The summed E-state index contributed by atoms with van der Waals surface area (Å²) in [5, 5.41) is 0. The highest BCUT2D eigenvalue weighted by atomic mass is 31.2. The molecule has 0 aliphatic rings. The second kappa shape index (κ2) is 21.5. The van der Waals surface area contributed by atoms with Crippen LogP contribution in [0.5, 0.6) is 0 Å². The van der Waals surface area contributed by atoms with Crippen molar-refractivity contribution in [1.82, 2.24) is 25.7 Å². The van der Waals surface area contributed by atoms with Crippen LogP contribution in [-0.4, -0.2) is 49.6 Å². The SMILES string of the molecule is C[C@H](Cn1cnc2c(N)ncnc21)OCP(=O)(O)OCCCCCCCCCCCCCCCCCC#CC(F)(F)F.N. The zero-order valence-corrected chi connectivity index (χ0v) is 26.4. The molecule has 0 bridgehead atoms. The van der Waals surface area contributed by atoms with Gasteiger partial charge in [0.2, 0.25) is 0 Å². The molecule has 0 radical (unpaired) electrons. The van der Waals surface area contributed by atoms with Gasteiger partial charge in [-0.25, -0.2) is 15.0 Å². The molecule has 6 N–H and O–H groups in total. The van der Waals surface area contributed by atoms with Crippen molar-refractivity contribution in [1.29, 1.82) is 0 Å². The fraction of sp³-hybridized carbons (Fsp3) is 0.759. The quantitative estimate of drug-likeness (QED) is 0.0626. The van der Waals surface area contributed by atoms with E-state index >= 15 is 0 Å². The minimum atomic E-state index is -4.37. The molecule has 2 aromatic rings. The summed E-state index contributed by atoms with van der Waals surface area (Å²) in [4.78, 5) is 22.4. The maximum absolute atomic E-state index is 12.3. The largest absolute Gasteiger partial charge is 0.457 e. The van der Waals surface area contributed by atoms with Gasteiger partial charge in [0.05, 0.1) is 25.6 Å². The van der Waals surface area contributed by atoms with E-state index < -0.39 is 13.8 Å². The number of halogens is 3. The molecule has 2 atom stereocenters. The maximum atomic E-state index is 12.3. The van der Waals surface area contributed by atoms with Crippen LogP contribution in [-0.2, 0) is 20.4 Å². The molecular weight excluding hydrogens is 584 g/mol. The number of nitrogens with two attached hydrogens (primary N) is 1. The Morgan fingerprint density at radius 3 is 2.02 bits per heavy atom. The van der Waals surface area contributed by atoms with Crippen molar-refractivity contribution in [3.63, 3.8) is 0 Å². The van der Waals surface area contributed by atoms with E-state index in [0.29, 0.717) is 29.9 Å². The number of hydrogen-bond donors (Lipinski definition) is 3. The van der Waals surface area contributed by atoms with Crippen molar-refractivity contribution < 1.29 is 31.9 Å². The Labute approximate surface area is 253 Å². The van der Waals surface area contributed by atoms with Gasteiger partial charge in [0.1, 0.15) is 18.2 Å². The lowest BCUT2D eigenvalue weighted by Crippen LogP contribution is -2.17.